The smallest absolute Gasteiger partial charge is 0.311 e. The molecule has 0 bridgehead atoms. The molecule has 7 nitrogen and oxygen atoms in total. The van der Waals surface area contributed by atoms with E-state index in [-0.39, 0.29) is 25.5 Å². The van der Waals surface area contributed by atoms with Crippen LogP contribution in [-0.4, -0.2) is 42.4 Å². The Balaban J connectivity index is 1.38. The van der Waals surface area contributed by atoms with E-state index in [0.717, 1.165) is 12.0 Å². The summed E-state index contributed by atoms with van der Waals surface area (Å²) in [4.78, 5) is 37.7. The molecule has 2 heterocycles. The predicted molar refractivity (Wildman–Crippen MR) is 96.3 cm³/mol. The molecule has 3 rings (SSSR count). The van der Waals surface area contributed by atoms with Crippen LogP contribution in [0, 0.1) is 5.92 Å². The Labute approximate surface area is 157 Å². The number of esters is 1. The molecular formula is C20H22N2O5. The molecule has 0 saturated carbocycles. The van der Waals surface area contributed by atoms with Crippen LogP contribution in [0.4, 0.5) is 0 Å². The van der Waals surface area contributed by atoms with Gasteiger partial charge in [0.05, 0.1) is 18.7 Å². The summed E-state index contributed by atoms with van der Waals surface area (Å²) >= 11 is 0. The van der Waals surface area contributed by atoms with Crippen molar-refractivity contribution in [1.29, 1.82) is 0 Å². The van der Waals surface area contributed by atoms with Crippen LogP contribution in [0.25, 0.3) is 0 Å². The van der Waals surface area contributed by atoms with Gasteiger partial charge in [0.25, 0.3) is 5.91 Å². The number of furan rings is 1. The second kappa shape index (κ2) is 9.02. The van der Waals surface area contributed by atoms with Crippen LogP contribution in [0.3, 0.4) is 0 Å². The van der Waals surface area contributed by atoms with Crippen LogP contribution in [0.15, 0.2) is 53.1 Å². The minimum atomic E-state index is -0.522. The lowest BCUT2D eigenvalue weighted by molar-refractivity contribution is -0.152. The van der Waals surface area contributed by atoms with Gasteiger partial charge in [0.1, 0.15) is 5.76 Å². The molecule has 2 amide bonds. The summed E-state index contributed by atoms with van der Waals surface area (Å²) in [5.41, 5.74) is 1.14. The fraction of sp³-hybridized carbons (Fsp3) is 0.350. The van der Waals surface area contributed by atoms with Gasteiger partial charge in [0.2, 0.25) is 5.91 Å². The van der Waals surface area contributed by atoms with Crippen LogP contribution in [0.2, 0.25) is 0 Å². The molecular weight excluding hydrogens is 348 g/mol. The predicted octanol–water partition coefficient (Wildman–Crippen LogP) is 1.53. The van der Waals surface area contributed by atoms with E-state index in [2.05, 4.69) is 5.32 Å². The molecule has 1 fully saturated rings. The molecule has 1 saturated heterocycles. The molecule has 0 aliphatic carbocycles. The van der Waals surface area contributed by atoms with Crippen molar-refractivity contribution in [3.05, 3.63) is 60.1 Å². The fourth-order valence-electron chi connectivity index (χ4n) is 2.96. The Kier molecular flexibility index (Phi) is 6.25. The number of carbonyl (C=O) groups excluding carboxylic acids is 3. The van der Waals surface area contributed by atoms with Crippen LogP contribution in [0.5, 0.6) is 0 Å². The third-order valence-electron chi connectivity index (χ3n) is 4.45. The van der Waals surface area contributed by atoms with Crippen molar-refractivity contribution in [2.75, 3.05) is 19.7 Å². The van der Waals surface area contributed by atoms with E-state index in [4.69, 9.17) is 9.15 Å². The molecule has 1 aromatic carbocycles. The van der Waals surface area contributed by atoms with Gasteiger partial charge in [-0.15, -0.1) is 0 Å². The minimum Gasteiger partial charge on any atom is -0.467 e. The number of ether oxygens (including phenoxy) is 1. The van der Waals surface area contributed by atoms with Gasteiger partial charge in [-0.1, -0.05) is 30.3 Å². The Morgan fingerprint density at radius 3 is 2.74 bits per heavy atom. The van der Waals surface area contributed by atoms with E-state index >= 15 is 0 Å². The van der Waals surface area contributed by atoms with E-state index in [1.54, 1.807) is 17.0 Å². The highest BCUT2D eigenvalue weighted by atomic mass is 16.5. The first kappa shape index (κ1) is 18.7. The van der Waals surface area contributed by atoms with Gasteiger partial charge < -0.3 is 19.4 Å². The maximum absolute atomic E-state index is 12.1. The van der Waals surface area contributed by atoms with Crippen molar-refractivity contribution in [1.82, 2.24) is 10.2 Å². The highest BCUT2D eigenvalue weighted by molar-refractivity contribution is 5.88. The van der Waals surface area contributed by atoms with Crippen molar-refractivity contribution in [2.45, 2.75) is 19.4 Å². The van der Waals surface area contributed by atoms with Crippen molar-refractivity contribution in [2.24, 2.45) is 5.92 Å². The first-order valence-electron chi connectivity index (χ1n) is 8.89. The summed E-state index contributed by atoms with van der Waals surface area (Å²) in [5.74, 6) is -0.893. The third-order valence-corrected chi connectivity index (χ3v) is 4.45. The molecule has 1 aromatic heterocycles. The quantitative estimate of drug-likeness (QED) is 0.712. The summed E-state index contributed by atoms with van der Waals surface area (Å²) in [6, 6.07) is 13.3. The maximum Gasteiger partial charge on any atom is 0.311 e. The Hall–Kier alpha value is -3.09. The molecule has 142 valence electrons. The van der Waals surface area contributed by atoms with Crippen LogP contribution >= 0.6 is 0 Å². The number of carbonyl (C=O) groups is 3. The molecule has 1 atom stereocenters. The molecule has 0 radical (unpaired) electrons. The van der Waals surface area contributed by atoms with Crippen molar-refractivity contribution in [3.8, 4) is 0 Å². The monoisotopic (exact) mass is 370 g/mol. The third kappa shape index (κ3) is 5.44. The number of nitrogens with zero attached hydrogens (tertiary/aromatic N) is 1. The average Bonchev–Trinajstić information content (AvgIpc) is 3.33. The number of hydrogen-bond donors (Lipinski definition) is 1. The molecule has 0 unspecified atom stereocenters. The van der Waals surface area contributed by atoms with E-state index in [1.165, 1.54) is 6.26 Å². The number of likely N-dealkylation sites (tertiary alicyclic amines) is 1. The number of rotatable bonds is 8. The Morgan fingerprint density at radius 2 is 2.00 bits per heavy atom. The first-order chi connectivity index (χ1) is 13.1. The van der Waals surface area contributed by atoms with Crippen molar-refractivity contribution >= 4 is 17.8 Å². The molecule has 27 heavy (non-hydrogen) atoms. The summed E-state index contributed by atoms with van der Waals surface area (Å²) in [6.07, 6.45) is 2.38. The van der Waals surface area contributed by atoms with E-state index in [0.29, 0.717) is 18.8 Å². The summed E-state index contributed by atoms with van der Waals surface area (Å²) in [7, 11) is 0. The topological polar surface area (TPSA) is 88.9 Å². The van der Waals surface area contributed by atoms with Gasteiger partial charge in [-0.05, 0) is 24.1 Å². The SMILES string of the molecule is O=C(COC(=O)[C@H]1CC(=O)N(CCc2ccccc2)C1)NCc1ccco1. The minimum absolute atomic E-state index is 0.0600. The normalized spacial score (nSPS) is 16.4. The second-order valence-electron chi connectivity index (χ2n) is 6.44. The lowest BCUT2D eigenvalue weighted by Crippen LogP contribution is -2.31. The van der Waals surface area contributed by atoms with E-state index in [9.17, 15) is 14.4 Å². The Bertz CT molecular complexity index is 773. The summed E-state index contributed by atoms with van der Waals surface area (Å²) < 4.78 is 10.2. The number of nitrogens with one attached hydrogen (secondary N) is 1. The Morgan fingerprint density at radius 1 is 1.19 bits per heavy atom. The molecule has 0 spiro atoms. The first-order valence-corrected chi connectivity index (χ1v) is 8.89. The fourth-order valence-corrected chi connectivity index (χ4v) is 2.96. The van der Waals surface area contributed by atoms with Crippen molar-refractivity contribution < 1.29 is 23.5 Å². The molecule has 1 aliphatic rings. The van der Waals surface area contributed by atoms with E-state index < -0.39 is 17.8 Å². The van der Waals surface area contributed by atoms with Gasteiger partial charge in [0, 0.05) is 19.5 Å². The van der Waals surface area contributed by atoms with Crippen LogP contribution < -0.4 is 5.32 Å². The number of hydrogen-bond acceptors (Lipinski definition) is 5. The second-order valence-corrected chi connectivity index (χ2v) is 6.44. The molecule has 7 heteroatoms. The standard InChI is InChI=1S/C20H22N2O5/c23-18(21-12-17-7-4-10-26-17)14-27-20(25)16-11-19(24)22(13-16)9-8-15-5-2-1-3-6-15/h1-7,10,16H,8-9,11-14H2,(H,21,23)/t16-/m0/s1. The zero-order chi connectivity index (χ0) is 19.1. The maximum atomic E-state index is 12.1. The van der Waals surface area contributed by atoms with Crippen molar-refractivity contribution in [3.63, 3.8) is 0 Å². The molecule has 1 N–H and O–H groups in total. The lowest BCUT2D eigenvalue weighted by atomic mass is 10.1. The highest BCUT2D eigenvalue weighted by Gasteiger charge is 2.35. The van der Waals surface area contributed by atoms with Gasteiger partial charge in [-0.25, -0.2) is 0 Å². The van der Waals surface area contributed by atoms with E-state index in [1.807, 2.05) is 30.3 Å². The lowest BCUT2D eigenvalue weighted by Gasteiger charge is -2.16. The van der Waals surface area contributed by atoms with Crippen LogP contribution in [0.1, 0.15) is 17.7 Å². The highest BCUT2D eigenvalue weighted by Crippen LogP contribution is 2.19. The number of benzene rings is 1. The molecule has 1 aliphatic heterocycles. The zero-order valence-corrected chi connectivity index (χ0v) is 14.9. The largest absolute Gasteiger partial charge is 0.467 e. The van der Waals surface area contributed by atoms with Gasteiger partial charge in [-0.2, -0.15) is 0 Å². The van der Waals surface area contributed by atoms with Gasteiger partial charge in [-0.3, -0.25) is 14.4 Å². The summed E-state index contributed by atoms with van der Waals surface area (Å²) in [6.45, 7) is 0.765. The molecule has 2 aromatic rings. The number of amides is 2. The summed E-state index contributed by atoms with van der Waals surface area (Å²) in [5, 5.41) is 2.60. The zero-order valence-electron chi connectivity index (χ0n) is 14.9. The average molecular weight is 370 g/mol. The van der Waals surface area contributed by atoms with Gasteiger partial charge in [0.15, 0.2) is 6.61 Å². The van der Waals surface area contributed by atoms with Crippen LogP contribution in [-0.2, 0) is 32.1 Å². The van der Waals surface area contributed by atoms with Gasteiger partial charge >= 0.3 is 5.97 Å².